The number of nitrogens with one attached hydrogen (secondary N) is 1. The first-order chi connectivity index (χ1) is 9.15. The molecule has 1 rings (SSSR count). The highest BCUT2D eigenvalue weighted by Gasteiger charge is 2.32. The maximum Gasteiger partial charge on any atom is 0.317 e. The zero-order valence-electron chi connectivity index (χ0n) is 11.6. The van der Waals surface area contributed by atoms with Gasteiger partial charge in [0.1, 0.15) is 0 Å². The second kappa shape index (κ2) is 8.74. The van der Waals surface area contributed by atoms with Gasteiger partial charge in [0.05, 0.1) is 13.0 Å². The molecule has 1 aliphatic carbocycles. The van der Waals surface area contributed by atoms with Gasteiger partial charge in [-0.25, -0.2) is 4.79 Å². The molecule has 0 radical (unpaired) electrons. The van der Waals surface area contributed by atoms with E-state index in [4.69, 9.17) is 9.84 Å². The first-order valence-electron chi connectivity index (χ1n) is 6.99. The molecule has 0 atom stereocenters. The summed E-state index contributed by atoms with van der Waals surface area (Å²) in [4.78, 5) is 24.1. The summed E-state index contributed by atoms with van der Waals surface area (Å²) in [6.45, 7) is 4.07. The van der Waals surface area contributed by atoms with Gasteiger partial charge in [-0.3, -0.25) is 4.79 Å². The van der Waals surface area contributed by atoms with E-state index in [0.29, 0.717) is 13.2 Å². The zero-order chi connectivity index (χ0) is 14.1. The van der Waals surface area contributed by atoms with Crippen LogP contribution in [0.15, 0.2) is 0 Å². The lowest BCUT2D eigenvalue weighted by atomic mass is 10.4. The third kappa shape index (κ3) is 7.00. The predicted octanol–water partition coefficient (Wildman–Crippen LogP) is 1.45. The molecule has 0 unspecified atom stereocenters. The van der Waals surface area contributed by atoms with E-state index < -0.39 is 5.97 Å². The number of carboxylic acids is 1. The van der Waals surface area contributed by atoms with Crippen molar-refractivity contribution in [3.63, 3.8) is 0 Å². The first kappa shape index (κ1) is 15.8. The highest BCUT2D eigenvalue weighted by molar-refractivity contribution is 5.76. The second-order valence-corrected chi connectivity index (χ2v) is 4.77. The van der Waals surface area contributed by atoms with E-state index in [1.165, 1.54) is 0 Å². The number of unbranched alkanes of at least 4 members (excludes halogenated alkanes) is 1. The molecule has 19 heavy (non-hydrogen) atoms. The Morgan fingerprint density at radius 1 is 1.37 bits per heavy atom. The molecule has 6 nitrogen and oxygen atoms in total. The molecule has 0 spiro atoms. The van der Waals surface area contributed by atoms with Gasteiger partial charge in [0.2, 0.25) is 0 Å². The van der Waals surface area contributed by atoms with Crippen LogP contribution in [0.2, 0.25) is 0 Å². The third-order valence-corrected chi connectivity index (χ3v) is 2.98. The van der Waals surface area contributed by atoms with E-state index in [9.17, 15) is 9.59 Å². The summed E-state index contributed by atoms with van der Waals surface area (Å²) in [5, 5.41) is 11.4. The average Bonchev–Trinajstić information content (AvgIpc) is 3.18. The van der Waals surface area contributed by atoms with Crippen LogP contribution in [-0.4, -0.2) is 54.4 Å². The van der Waals surface area contributed by atoms with Crippen molar-refractivity contribution < 1.29 is 19.4 Å². The average molecular weight is 272 g/mol. The minimum atomic E-state index is -0.874. The normalized spacial score (nSPS) is 14.2. The quantitative estimate of drug-likeness (QED) is 0.590. The molecule has 2 N–H and O–H groups in total. The van der Waals surface area contributed by atoms with Gasteiger partial charge < -0.3 is 20.1 Å². The van der Waals surface area contributed by atoms with Crippen LogP contribution in [0.25, 0.3) is 0 Å². The Bertz CT molecular complexity index is 292. The molecule has 2 amide bonds. The molecule has 0 aliphatic heterocycles. The topological polar surface area (TPSA) is 78.9 Å². The zero-order valence-corrected chi connectivity index (χ0v) is 11.6. The number of nitrogens with zero attached hydrogens (tertiary/aromatic N) is 1. The molecule has 0 saturated heterocycles. The highest BCUT2D eigenvalue weighted by atomic mass is 16.5. The first-order valence-corrected chi connectivity index (χ1v) is 6.99. The summed E-state index contributed by atoms with van der Waals surface area (Å²) in [6, 6.07) is 0.0446. The minimum absolute atomic E-state index is 0.00306. The van der Waals surface area contributed by atoms with Gasteiger partial charge in [-0.05, 0) is 19.3 Å². The Kier molecular flexibility index (Phi) is 7.25. The van der Waals surface area contributed by atoms with Crippen LogP contribution in [-0.2, 0) is 9.53 Å². The predicted molar refractivity (Wildman–Crippen MR) is 71.1 cm³/mol. The molecule has 1 fully saturated rings. The van der Waals surface area contributed by atoms with E-state index in [0.717, 1.165) is 32.3 Å². The highest BCUT2D eigenvalue weighted by Crippen LogP contribution is 2.26. The van der Waals surface area contributed by atoms with Gasteiger partial charge in [0.15, 0.2) is 0 Å². The molecule has 110 valence electrons. The lowest BCUT2D eigenvalue weighted by molar-refractivity contribution is -0.137. The molecular formula is C13H24N2O4. The fraction of sp³-hybridized carbons (Fsp3) is 0.846. The number of aliphatic carboxylic acids is 1. The van der Waals surface area contributed by atoms with Crippen LogP contribution in [0.4, 0.5) is 4.79 Å². The number of urea groups is 1. The fourth-order valence-electron chi connectivity index (χ4n) is 1.73. The van der Waals surface area contributed by atoms with Crippen molar-refractivity contribution in [3.8, 4) is 0 Å². The van der Waals surface area contributed by atoms with Crippen molar-refractivity contribution in [1.82, 2.24) is 10.2 Å². The maximum absolute atomic E-state index is 11.9. The molecule has 0 aromatic carbocycles. The van der Waals surface area contributed by atoms with E-state index in [1.54, 1.807) is 4.90 Å². The largest absolute Gasteiger partial charge is 0.481 e. The lowest BCUT2D eigenvalue weighted by Gasteiger charge is -2.22. The van der Waals surface area contributed by atoms with Crippen molar-refractivity contribution in [3.05, 3.63) is 0 Å². The van der Waals surface area contributed by atoms with Gasteiger partial charge in [-0.2, -0.15) is 0 Å². The smallest absolute Gasteiger partial charge is 0.317 e. The Morgan fingerprint density at radius 2 is 2.11 bits per heavy atom. The van der Waals surface area contributed by atoms with Crippen molar-refractivity contribution >= 4 is 12.0 Å². The number of rotatable bonds is 10. The molecular weight excluding hydrogens is 248 g/mol. The second-order valence-electron chi connectivity index (χ2n) is 4.77. The summed E-state index contributed by atoms with van der Waals surface area (Å²) in [5.41, 5.74) is 0. The molecule has 1 aliphatic rings. The molecule has 0 aromatic rings. The number of carbonyl (C=O) groups excluding carboxylic acids is 1. The van der Waals surface area contributed by atoms with Gasteiger partial charge in [0, 0.05) is 25.7 Å². The summed E-state index contributed by atoms with van der Waals surface area (Å²) in [7, 11) is 0. The van der Waals surface area contributed by atoms with Crippen LogP contribution in [0.1, 0.15) is 39.0 Å². The van der Waals surface area contributed by atoms with Crippen molar-refractivity contribution in [2.45, 2.75) is 45.1 Å². The summed E-state index contributed by atoms with van der Waals surface area (Å²) in [5.74, 6) is -0.874. The van der Waals surface area contributed by atoms with Crippen molar-refractivity contribution in [1.29, 1.82) is 0 Å². The SMILES string of the molecule is CCCCOCCNC(=O)N(CCC(=O)O)C1CC1. The van der Waals surface area contributed by atoms with E-state index in [1.807, 2.05) is 0 Å². The van der Waals surface area contributed by atoms with E-state index >= 15 is 0 Å². The molecule has 0 heterocycles. The minimum Gasteiger partial charge on any atom is -0.481 e. The Balaban J connectivity index is 2.15. The van der Waals surface area contributed by atoms with E-state index in [2.05, 4.69) is 12.2 Å². The van der Waals surface area contributed by atoms with Crippen LogP contribution >= 0.6 is 0 Å². The standard InChI is InChI=1S/C13H24N2O4/c1-2-3-9-19-10-7-14-13(18)15(11-4-5-11)8-6-12(16)17/h11H,2-10H2,1H3,(H,14,18)(H,16,17). The maximum atomic E-state index is 11.9. The number of hydrogen-bond donors (Lipinski definition) is 2. The lowest BCUT2D eigenvalue weighted by Crippen LogP contribution is -2.43. The van der Waals surface area contributed by atoms with Crippen LogP contribution in [0.5, 0.6) is 0 Å². The monoisotopic (exact) mass is 272 g/mol. The summed E-state index contributed by atoms with van der Waals surface area (Å²) >= 11 is 0. The number of ether oxygens (including phenoxy) is 1. The number of amides is 2. The fourth-order valence-corrected chi connectivity index (χ4v) is 1.73. The Morgan fingerprint density at radius 3 is 2.68 bits per heavy atom. The summed E-state index contributed by atoms with van der Waals surface area (Å²) in [6.07, 6.45) is 4.06. The van der Waals surface area contributed by atoms with Crippen LogP contribution in [0.3, 0.4) is 0 Å². The van der Waals surface area contributed by atoms with Crippen LogP contribution < -0.4 is 5.32 Å². The molecule has 0 aromatic heterocycles. The Hall–Kier alpha value is -1.30. The Labute approximate surface area is 114 Å². The van der Waals surface area contributed by atoms with Crippen LogP contribution in [0, 0.1) is 0 Å². The van der Waals surface area contributed by atoms with Gasteiger partial charge in [0.25, 0.3) is 0 Å². The molecule has 0 bridgehead atoms. The molecule has 6 heteroatoms. The third-order valence-electron chi connectivity index (χ3n) is 2.98. The van der Waals surface area contributed by atoms with Crippen molar-refractivity contribution in [2.24, 2.45) is 0 Å². The number of carbonyl (C=O) groups is 2. The molecule has 1 saturated carbocycles. The summed E-state index contributed by atoms with van der Waals surface area (Å²) < 4.78 is 5.35. The van der Waals surface area contributed by atoms with Crippen molar-refractivity contribution in [2.75, 3.05) is 26.3 Å². The van der Waals surface area contributed by atoms with E-state index in [-0.39, 0.29) is 25.0 Å². The van der Waals surface area contributed by atoms with Gasteiger partial charge >= 0.3 is 12.0 Å². The van der Waals surface area contributed by atoms with Gasteiger partial charge in [-0.15, -0.1) is 0 Å². The number of hydrogen-bond acceptors (Lipinski definition) is 3. The van der Waals surface area contributed by atoms with Gasteiger partial charge in [-0.1, -0.05) is 13.3 Å². The number of carboxylic acid groups (broad SMARTS) is 1.